The molecule has 0 unspecified atom stereocenters. The molecular weight excluding hydrogens is 252 g/mol. The molecule has 0 aromatic heterocycles. The van der Waals surface area contributed by atoms with Crippen LogP contribution >= 0.6 is 0 Å². The second-order valence-corrected chi connectivity index (χ2v) is 2.73. The van der Waals surface area contributed by atoms with Crippen molar-refractivity contribution >= 4 is 25.5 Å². The molecule has 0 atom stereocenters. The van der Waals surface area contributed by atoms with Gasteiger partial charge in [0.2, 0.25) is 0 Å². The van der Waals surface area contributed by atoms with Crippen LogP contribution in [0.25, 0.3) is 0 Å². The fourth-order valence-corrected chi connectivity index (χ4v) is 0.714. The second-order valence-electron chi connectivity index (χ2n) is 2.73. The van der Waals surface area contributed by atoms with Gasteiger partial charge in [-0.15, -0.1) is 0 Å². The summed E-state index contributed by atoms with van der Waals surface area (Å²) in [5, 5.41) is 33.8. The fourth-order valence-electron chi connectivity index (χ4n) is 0.714. The summed E-state index contributed by atoms with van der Waals surface area (Å²) in [5.74, 6) is -5.02. The standard InChI is InChI=1S/C6H8O7.BF3/c7-3(8)1-6(13,5(11)12)2-4(9)10;2-1(3)4/h13H,1-2H2,(H,7,8)(H,9,10)(H,11,12);. The van der Waals surface area contributed by atoms with E-state index in [9.17, 15) is 27.3 Å². The molecule has 0 saturated heterocycles. The average molecular weight is 260 g/mol. The first-order chi connectivity index (χ1) is 7.51. The van der Waals surface area contributed by atoms with Gasteiger partial charge in [0.05, 0.1) is 12.8 Å². The van der Waals surface area contributed by atoms with Gasteiger partial charge in [0.25, 0.3) is 0 Å². The van der Waals surface area contributed by atoms with Crippen molar-refractivity contribution in [1.29, 1.82) is 0 Å². The summed E-state index contributed by atoms with van der Waals surface area (Å²) in [6, 6.07) is 0. The van der Waals surface area contributed by atoms with E-state index in [-0.39, 0.29) is 0 Å². The van der Waals surface area contributed by atoms with E-state index in [1.54, 1.807) is 0 Å². The quantitative estimate of drug-likeness (QED) is 0.495. The summed E-state index contributed by atoms with van der Waals surface area (Å²) < 4.78 is 29.0. The summed E-state index contributed by atoms with van der Waals surface area (Å²) in [6.45, 7) is 0. The number of aliphatic hydroxyl groups is 1. The highest BCUT2D eigenvalue weighted by molar-refractivity contribution is 6.33. The maximum absolute atomic E-state index is 10.3. The highest BCUT2D eigenvalue weighted by atomic mass is 19.4. The fraction of sp³-hybridized carbons (Fsp3) is 0.500. The molecular formula is C6H8BF3O7. The molecule has 0 aromatic carbocycles. The molecule has 0 radical (unpaired) electrons. The number of hydrogen-bond donors (Lipinski definition) is 4. The first-order valence-electron chi connectivity index (χ1n) is 3.83. The van der Waals surface area contributed by atoms with Crippen LogP contribution in [0.1, 0.15) is 12.8 Å². The number of hydrogen-bond acceptors (Lipinski definition) is 4. The molecule has 0 aliphatic carbocycles. The van der Waals surface area contributed by atoms with Crippen molar-refractivity contribution in [3.63, 3.8) is 0 Å². The number of carbonyl (C=O) groups is 3. The van der Waals surface area contributed by atoms with E-state index in [2.05, 4.69) is 0 Å². The van der Waals surface area contributed by atoms with Gasteiger partial charge < -0.3 is 20.4 Å². The molecule has 0 aliphatic heterocycles. The van der Waals surface area contributed by atoms with E-state index in [4.69, 9.17) is 20.4 Å². The zero-order valence-corrected chi connectivity index (χ0v) is 8.14. The topological polar surface area (TPSA) is 132 Å². The van der Waals surface area contributed by atoms with Gasteiger partial charge in [-0.2, -0.15) is 0 Å². The SMILES string of the molecule is FB(F)F.O=C(O)CC(O)(CC(=O)O)C(=O)O. The van der Waals surface area contributed by atoms with Crippen molar-refractivity contribution in [2.75, 3.05) is 0 Å². The third kappa shape index (κ3) is 10.5. The second kappa shape index (κ2) is 7.49. The Hall–Kier alpha value is -1.78. The lowest BCUT2D eigenvalue weighted by Crippen LogP contribution is -2.42. The van der Waals surface area contributed by atoms with Gasteiger partial charge in [-0.1, -0.05) is 0 Å². The van der Waals surface area contributed by atoms with Gasteiger partial charge in [-0.25, -0.2) is 4.79 Å². The van der Waals surface area contributed by atoms with E-state index in [0.29, 0.717) is 0 Å². The van der Waals surface area contributed by atoms with Crippen LogP contribution in [-0.2, 0) is 14.4 Å². The van der Waals surface area contributed by atoms with Crippen molar-refractivity contribution in [2.24, 2.45) is 0 Å². The molecule has 0 saturated carbocycles. The molecule has 17 heavy (non-hydrogen) atoms. The lowest BCUT2D eigenvalue weighted by Gasteiger charge is -2.18. The number of carboxylic acid groups (broad SMARTS) is 3. The predicted octanol–water partition coefficient (Wildman–Crippen LogP) is -0.369. The van der Waals surface area contributed by atoms with E-state index in [0.717, 1.165) is 0 Å². The zero-order chi connectivity index (χ0) is 14.2. The van der Waals surface area contributed by atoms with Crippen LogP contribution in [0.5, 0.6) is 0 Å². The molecule has 0 rings (SSSR count). The number of halogens is 3. The first kappa shape index (κ1) is 17.6. The maximum Gasteiger partial charge on any atom is 0.762 e. The van der Waals surface area contributed by atoms with Crippen LogP contribution in [0.4, 0.5) is 12.9 Å². The minimum atomic E-state index is -3.67. The Morgan fingerprint density at radius 1 is 0.941 bits per heavy atom. The Kier molecular flexibility index (Phi) is 7.76. The lowest BCUT2D eigenvalue weighted by atomic mass is 9.96. The molecule has 0 heterocycles. The summed E-state index contributed by atoms with van der Waals surface area (Å²) in [7, 11) is -3.67. The number of rotatable bonds is 5. The third-order valence-electron chi connectivity index (χ3n) is 1.29. The zero-order valence-electron chi connectivity index (χ0n) is 8.14. The molecule has 98 valence electrons. The normalized spacial score (nSPS) is 9.88. The van der Waals surface area contributed by atoms with Gasteiger partial charge in [-0.05, 0) is 0 Å². The largest absolute Gasteiger partial charge is 0.762 e. The Labute approximate surface area is 92.7 Å². The molecule has 0 spiro atoms. The molecule has 0 amide bonds. The molecule has 11 heteroatoms. The van der Waals surface area contributed by atoms with Crippen LogP contribution in [0.3, 0.4) is 0 Å². The Morgan fingerprint density at radius 2 is 1.18 bits per heavy atom. The van der Waals surface area contributed by atoms with Gasteiger partial charge >= 0.3 is 25.5 Å². The van der Waals surface area contributed by atoms with Crippen LogP contribution in [0, 0.1) is 0 Å². The lowest BCUT2D eigenvalue weighted by molar-refractivity contribution is -0.170. The van der Waals surface area contributed by atoms with Gasteiger partial charge in [0, 0.05) is 0 Å². The molecule has 0 bridgehead atoms. The minimum Gasteiger partial charge on any atom is -0.481 e. The number of carboxylic acids is 3. The first-order valence-corrected chi connectivity index (χ1v) is 3.83. The van der Waals surface area contributed by atoms with Crippen LogP contribution in [0.15, 0.2) is 0 Å². The molecule has 4 N–H and O–H groups in total. The third-order valence-corrected chi connectivity index (χ3v) is 1.29. The molecule has 0 fully saturated rings. The Bertz CT molecular complexity index is 277. The maximum atomic E-state index is 10.3. The number of aliphatic carboxylic acids is 3. The summed E-state index contributed by atoms with van der Waals surface area (Å²) >= 11 is 0. The van der Waals surface area contributed by atoms with Crippen LogP contribution in [-0.4, -0.2) is 51.5 Å². The van der Waals surface area contributed by atoms with Crippen LogP contribution in [0.2, 0.25) is 0 Å². The van der Waals surface area contributed by atoms with Crippen molar-refractivity contribution in [3.8, 4) is 0 Å². The van der Waals surface area contributed by atoms with Gasteiger partial charge in [0.1, 0.15) is 0 Å². The highest BCUT2D eigenvalue weighted by Gasteiger charge is 2.40. The molecule has 0 aliphatic rings. The van der Waals surface area contributed by atoms with Crippen molar-refractivity contribution in [3.05, 3.63) is 0 Å². The summed E-state index contributed by atoms with van der Waals surface area (Å²) in [4.78, 5) is 30.5. The predicted molar refractivity (Wildman–Crippen MR) is 46.2 cm³/mol. The Morgan fingerprint density at radius 3 is 1.29 bits per heavy atom. The van der Waals surface area contributed by atoms with Crippen LogP contribution < -0.4 is 0 Å². The van der Waals surface area contributed by atoms with Crippen molar-refractivity contribution in [2.45, 2.75) is 18.4 Å². The van der Waals surface area contributed by atoms with E-state index in [1.165, 1.54) is 0 Å². The highest BCUT2D eigenvalue weighted by Crippen LogP contribution is 2.15. The average Bonchev–Trinajstić information content (AvgIpc) is 1.98. The van der Waals surface area contributed by atoms with E-state index < -0.39 is 43.9 Å². The van der Waals surface area contributed by atoms with Gasteiger partial charge in [-0.3, -0.25) is 22.5 Å². The summed E-state index contributed by atoms with van der Waals surface area (Å²) in [5.41, 5.74) is -2.74. The van der Waals surface area contributed by atoms with E-state index in [1.807, 2.05) is 0 Å². The van der Waals surface area contributed by atoms with Crippen molar-refractivity contribution in [1.82, 2.24) is 0 Å². The molecule has 7 nitrogen and oxygen atoms in total. The monoisotopic (exact) mass is 260 g/mol. The minimum absolute atomic E-state index is 1.14. The summed E-state index contributed by atoms with van der Waals surface area (Å²) in [6.07, 6.45) is -2.29. The van der Waals surface area contributed by atoms with Gasteiger partial charge in [0.15, 0.2) is 5.60 Å². The van der Waals surface area contributed by atoms with Crippen molar-refractivity contribution < 1.29 is 47.8 Å². The van der Waals surface area contributed by atoms with E-state index >= 15 is 0 Å². The Balaban J connectivity index is 0. The molecule has 0 aromatic rings. The smallest absolute Gasteiger partial charge is 0.481 e.